The quantitative estimate of drug-likeness (QED) is 0.828. The predicted molar refractivity (Wildman–Crippen MR) is 97.1 cm³/mol. The number of aromatic nitrogens is 1. The van der Waals surface area contributed by atoms with Gasteiger partial charge < -0.3 is 14.6 Å². The number of allylic oxidation sites excluding steroid dienone is 1. The number of esters is 1. The van der Waals surface area contributed by atoms with Crippen molar-refractivity contribution in [2.45, 2.75) is 58.5 Å². The molecule has 1 aliphatic carbocycles. The van der Waals surface area contributed by atoms with Crippen LogP contribution in [0.25, 0.3) is 5.70 Å². The molecule has 24 heavy (non-hydrogen) atoms. The number of amidine groups is 1. The molecule has 0 bridgehead atoms. The van der Waals surface area contributed by atoms with Gasteiger partial charge in [0.15, 0.2) is 5.17 Å². The molecule has 0 amide bonds. The molecule has 1 fully saturated rings. The van der Waals surface area contributed by atoms with Crippen LogP contribution in [-0.2, 0) is 4.74 Å². The largest absolute Gasteiger partial charge is 0.465 e. The Morgan fingerprint density at radius 1 is 1.29 bits per heavy atom. The van der Waals surface area contributed by atoms with Crippen LogP contribution in [0, 0.1) is 13.8 Å². The number of ether oxygens (including phenoxy) is 1. The van der Waals surface area contributed by atoms with Gasteiger partial charge in [-0.25, -0.2) is 4.79 Å². The number of hydrogen-bond acceptors (Lipinski definition) is 5. The first-order chi connectivity index (χ1) is 11.5. The second kappa shape index (κ2) is 5.69. The van der Waals surface area contributed by atoms with Crippen molar-refractivity contribution in [3.05, 3.63) is 27.4 Å². The van der Waals surface area contributed by atoms with E-state index < -0.39 is 0 Å². The second-order valence-electron chi connectivity index (χ2n) is 6.82. The van der Waals surface area contributed by atoms with Gasteiger partial charge in [0.25, 0.3) is 0 Å². The zero-order chi connectivity index (χ0) is 17.0. The number of rotatable bonds is 2. The molecule has 2 atom stereocenters. The molecule has 0 radical (unpaired) electrons. The highest BCUT2D eigenvalue weighted by atomic mass is 32.2. The lowest BCUT2D eigenvalue weighted by Gasteiger charge is -2.32. The minimum atomic E-state index is -0.276. The number of methoxy groups -OCH3 is 1. The topological polar surface area (TPSA) is 57.7 Å². The van der Waals surface area contributed by atoms with Crippen molar-refractivity contribution in [2.24, 2.45) is 4.99 Å². The molecule has 2 aliphatic heterocycles. The van der Waals surface area contributed by atoms with E-state index in [0.717, 1.165) is 22.1 Å². The zero-order valence-corrected chi connectivity index (χ0v) is 15.4. The Labute approximate surface area is 146 Å². The lowest BCUT2D eigenvalue weighted by molar-refractivity contribution is 0.0599. The summed E-state index contributed by atoms with van der Waals surface area (Å²) in [5, 5.41) is 1.13. The van der Waals surface area contributed by atoms with Crippen molar-refractivity contribution < 1.29 is 9.53 Å². The molecule has 5 nitrogen and oxygen atoms in total. The summed E-state index contributed by atoms with van der Waals surface area (Å²) < 4.78 is 4.96. The average Bonchev–Trinajstić information content (AvgIpc) is 3.16. The molecular weight excluding hydrogens is 322 g/mol. The fourth-order valence-electron chi connectivity index (χ4n) is 4.27. The van der Waals surface area contributed by atoms with Gasteiger partial charge >= 0.3 is 5.97 Å². The van der Waals surface area contributed by atoms with Gasteiger partial charge in [0.2, 0.25) is 0 Å². The first-order valence-corrected chi connectivity index (χ1v) is 9.38. The van der Waals surface area contributed by atoms with E-state index in [1.165, 1.54) is 43.4 Å². The molecule has 1 aromatic rings. The third-order valence-electron chi connectivity index (χ3n) is 5.39. The van der Waals surface area contributed by atoms with E-state index in [9.17, 15) is 4.79 Å². The number of carbonyl (C=O) groups excluding carboxylic acids is 1. The standard InChI is InChI=1S/C18H23N3O2S/c1-9-14(17(22)23-4)10(2)19-15(9)16-11(3)24-18-20-12-7-5-6-8-13(12)21(16)18/h12-13,19H,5-8H2,1-4H3/t12-,13-/m1/s1. The Balaban J connectivity index is 1.78. The van der Waals surface area contributed by atoms with Gasteiger partial charge in [0.05, 0.1) is 36.1 Å². The Hall–Kier alpha value is -1.69. The summed E-state index contributed by atoms with van der Waals surface area (Å²) >= 11 is 1.76. The van der Waals surface area contributed by atoms with Crippen molar-refractivity contribution in [2.75, 3.05) is 7.11 Å². The predicted octanol–water partition coefficient (Wildman–Crippen LogP) is 3.84. The molecule has 0 unspecified atom stereocenters. The number of nitrogens with zero attached hydrogens (tertiary/aromatic N) is 2. The van der Waals surface area contributed by atoms with Crippen LogP contribution in [0.4, 0.5) is 0 Å². The monoisotopic (exact) mass is 345 g/mol. The molecule has 1 aromatic heterocycles. The van der Waals surface area contributed by atoms with Crippen LogP contribution in [0.15, 0.2) is 9.90 Å². The maximum atomic E-state index is 12.1. The molecule has 1 saturated carbocycles. The number of nitrogens with one attached hydrogen (secondary N) is 1. The first kappa shape index (κ1) is 15.8. The fourth-order valence-corrected chi connectivity index (χ4v) is 5.36. The van der Waals surface area contributed by atoms with Gasteiger partial charge in [-0.3, -0.25) is 4.99 Å². The summed E-state index contributed by atoms with van der Waals surface area (Å²) in [5.41, 5.74) is 4.72. The van der Waals surface area contributed by atoms with Crippen molar-refractivity contribution in [3.8, 4) is 0 Å². The van der Waals surface area contributed by atoms with Crippen LogP contribution in [0.3, 0.4) is 0 Å². The highest BCUT2D eigenvalue weighted by Gasteiger charge is 2.44. The van der Waals surface area contributed by atoms with Crippen molar-refractivity contribution in [3.63, 3.8) is 0 Å². The van der Waals surface area contributed by atoms with Gasteiger partial charge in [0.1, 0.15) is 0 Å². The third-order valence-corrected chi connectivity index (χ3v) is 6.37. The molecule has 3 heterocycles. The summed E-state index contributed by atoms with van der Waals surface area (Å²) in [5.74, 6) is -0.276. The van der Waals surface area contributed by atoms with Gasteiger partial charge in [-0.05, 0) is 39.2 Å². The molecule has 3 aliphatic rings. The van der Waals surface area contributed by atoms with Crippen LogP contribution >= 0.6 is 11.8 Å². The summed E-state index contributed by atoms with van der Waals surface area (Å²) in [7, 11) is 1.43. The molecule has 0 spiro atoms. The zero-order valence-electron chi connectivity index (χ0n) is 14.6. The summed E-state index contributed by atoms with van der Waals surface area (Å²) in [4.78, 5) is 24.2. The van der Waals surface area contributed by atoms with E-state index in [1.807, 2.05) is 13.8 Å². The Morgan fingerprint density at radius 3 is 2.79 bits per heavy atom. The van der Waals surface area contributed by atoms with Crippen LogP contribution in [0.5, 0.6) is 0 Å². The van der Waals surface area contributed by atoms with Crippen molar-refractivity contribution >= 4 is 28.6 Å². The first-order valence-electron chi connectivity index (χ1n) is 8.56. The van der Waals surface area contributed by atoms with Crippen LogP contribution < -0.4 is 0 Å². The summed E-state index contributed by atoms with van der Waals surface area (Å²) in [6.45, 7) is 6.08. The van der Waals surface area contributed by atoms with E-state index in [0.29, 0.717) is 17.6 Å². The fraction of sp³-hybridized carbons (Fsp3) is 0.556. The lowest BCUT2D eigenvalue weighted by Crippen LogP contribution is -2.38. The van der Waals surface area contributed by atoms with Crippen LogP contribution in [0.1, 0.15) is 59.9 Å². The van der Waals surface area contributed by atoms with Crippen molar-refractivity contribution in [1.29, 1.82) is 0 Å². The summed E-state index contributed by atoms with van der Waals surface area (Å²) in [6.07, 6.45) is 4.93. The van der Waals surface area contributed by atoms with Crippen molar-refractivity contribution in [1.82, 2.24) is 9.88 Å². The summed E-state index contributed by atoms with van der Waals surface area (Å²) in [6, 6.07) is 0.902. The smallest absolute Gasteiger partial charge is 0.339 e. The molecule has 4 rings (SSSR count). The van der Waals surface area contributed by atoms with E-state index in [1.54, 1.807) is 11.8 Å². The maximum Gasteiger partial charge on any atom is 0.339 e. The van der Waals surface area contributed by atoms with Crippen LogP contribution in [0.2, 0.25) is 0 Å². The minimum absolute atomic E-state index is 0.276. The van der Waals surface area contributed by atoms with E-state index in [2.05, 4.69) is 16.8 Å². The molecular formula is C18H23N3O2S. The number of hydrogen-bond donors (Lipinski definition) is 1. The highest BCUT2D eigenvalue weighted by Crippen LogP contribution is 2.48. The Kier molecular flexibility index (Phi) is 3.75. The van der Waals surface area contributed by atoms with E-state index >= 15 is 0 Å². The van der Waals surface area contributed by atoms with Gasteiger partial charge in [-0.1, -0.05) is 24.6 Å². The van der Waals surface area contributed by atoms with E-state index in [-0.39, 0.29) is 5.97 Å². The number of thioether (sulfide) groups is 1. The molecule has 1 N–H and O–H groups in total. The van der Waals surface area contributed by atoms with E-state index in [4.69, 9.17) is 9.73 Å². The highest BCUT2D eigenvalue weighted by molar-refractivity contribution is 8.17. The van der Waals surface area contributed by atoms with Gasteiger partial charge in [0, 0.05) is 10.6 Å². The number of aromatic amines is 1. The number of fused-ring (bicyclic) bond motifs is 3. The number of carbonyl (C=O) groups is 1. The Morgan fingerprint density at radius 2 is 2.04 bits per heavy atom. The lowest BCUT2D eigenvalue weighted by atomic mass is 9.90. The number of H-pyrrole nitrogens is 1. The number of aryl methyl sites for hydroxylation is 1. The van der Waals surface area contributed by atoms with Gasteiger partial charge in [-0.15, -0.1) is 0 Å². The minimum Gasteiger partial charge on any atom is -0.465 e. The van der Waals surface area contributed by atoms with Crippen LogP contribution in [-0.4, -0.2) is 40.2 Å². The molecule has 6 heteroatoms. The third kappa shape index (κ3) is 2.15. The average molecular weight is 345 g/mol. The van der Waals surface area contributed by atoms with Gasteiger partial charge in [-0.2, -0.15) is 0 Å². The molecule has 0 saturated heterocycles. The molecule has 0 aromatic carbocycles. The maximum absolute atomic E-state index is 12.1. The molecule has 128 valence electrons. The Bertz CT molecular complexity index is 777. The number of aliphatic imine (C=N–C) groups is 1. The normalized spacial score (nSPS) is 25.7. The SMILES string of the molecule is COC(=O)c1c(C)[nH]c(C2=C(C)SC3=N[C@@H]4CCCC[C@H]4N32)c1C. The second-order valence-corrected chi connectivity index (χ2v) is 8.01.